The van der Waals surface area contributed by atoms with Crippen molar-refractivity contribution in [3.05, 3.63) is 72.8 Å². The highest BCUT2D eigenvalue weighted by molar-refractivity contribution is 8.05. The Kier molecular flexibility index (Phi) is 6.59. The van der Waals surface area contributed by atoms with Crippen LogP contribution in [0.4, 0.5) is 24.5 Å². The molecule has 0 spiro atoms. The zero-order valence-electron chi connectivity index (χ0n) is 19.5. The average Bonchev–Trinajstić information content (AvgIpc) is 2.86. The van der Waals surface area contributed by atoms with Crippen molar-refractivity contribution in [2.75, 3.05) is 4.90 Å². The third kappa shape index (κ3) is 5.28. The Bertz CT molecular complexity index is 1370. The molecule has 7 nitrogen and oxygen atoms in total. The number of nitrogens with zero attached hydrogens (tertiary/aromatic N) is 2. The van der Waals surface area contributed by atoms with E-state index in [1.165, 1.54) is 0 Å². The Morgan fingerprint density at radius 3 is 2.19 bits per heavy atom. The quantitative estimate of drug-likeness (QED) is 0.300. The van der Waals surface area contributed by atoms with Gasteiger partial charge in [0.05, 0.1) is 40.0 Å². The zero-order valence-corrected chi connectivity index (χ0v) is 20.3. The lowest BCUT2D eigenvalue weighted by atomic mass is 9.86. The molecular formula is C26H24F3N3O4S. The summed E-state index contributed by atoms with van der Waals surface area (Å²) in [6, 6.07) is 18.5. The number of aliphatic hydroxyl groups is 1. The molecular weight excluding hydrogens is 507 g/mol. The van der Waals surface area contributed by atoms with Gasteiger partial charge in [0.25, 0.3) is 0 Å². The smallest absolute Gasteiger partial charge is 0.453 e. The van der Waals surface area contributed by atoms with Gasteiger partial charge in [0.2, 0.25) is 0 Å². The van der Waals surface area contributed by atoms with Gasteiger partial charge < -0.3 is 19.5 Å². The predicted octanol–water partition coefficient (Wildman–Crippen LogP) is 6.25. The van der Waals surface area contributed by atoms with Gasteiger partial charge in [0.1, 0.15) is 15.5 Å². The molecule has 11 heteroatoms. The number of para-hydroxylation sites is 4. The van der Waals surface area contributed by atoms with Crippen molar-refractivity contribution in [1.82, 2.24) is 0 Å². The molecule has 0 radical (unpaired) electrons. The molecule has 0 aromatic heterocycles. The lowest BCUT2D eigenvalue weighted by Crippen LogP contribution is -2.49. The van der Waals surface area contributed by atoms with Crippen LogP contribution in [0.2, 0.25) is 0 Å². The van der Waals surface area contributed by atoms with Crippen LogP contribution in [0.1, 0.15) is 19.3 Å². The van der Waals surface area contributed by atoms with Gasteiger partial charge in [-0.25, -0.2) is 8.99 Å². The summed E-state index contributed by atoms with van der Waals surface area (Å²) in [5, 5.41) is 11.4. The molecule has 3 aromatic rings. The molecule has 1 aliphatic carbocycles. The van der Waals surface area contributed by atoms with E-state index < -0.39 is 34.0 Å². The second-order valence-electron chi connectivity index (χ2n) is 8.84. The number of nitrogens with one attached hydrogen (secondary N) is 1. The number of rotatable bonds is 5. The molecule has 2 aliphatic rings. The van der Waals surface area contributed by atoms with Gasteiger partial charge in [-0.3, -0.25) is 4.99 Å². The topological polar surface area (TPSA) is 95.2 Å². The fourth-order valence-electron chi connectivity index (χ4n) is 4.74. The maximum atomic E-state index is 13.0. The number of benzene rings is 3. The molecule has 1 unspecified atom stereocenters. The number of aliphatic hydroxyl groups excluding tert-OH is 1. The summed E-state index contributed by atoms with van der Waals surface area (Å²) < 4.78 is 68.3. The Labute approximate surface area is 212 Å². The molecule has 4 atom stereocenters. The number of aliphatic imine (C=N–C) groups is 1. The van der Waals surface area contributed by atoms with E-state index >= 15 is 0 Å². The lowest BCUT2D eigenvalue weighted by Gasteiger charge is -2.44. The maximum absolute atomic E-state index is 13.0. The summed E-state index contributed by atoms with van der Waals surface area (Å²) in [4.78, 5) is 6.39. The third-order valence-electron chi connectivity index (χ3n) is 6.40. The summed E-state index contributed by atoms with van der Waals surface area (Å²) in [7, 11) is -3.56. The van der Waals surface area contributed by atoms with Crippen LogP contribution in [-0.4, -0.2) is 39.4 Å². The molecule has 0 saturated heterocycles. The van der Waals surface area contributed by atoms with Crippen molar-refractivity contribution in [3.63, 3.8) is 0 Å². The SMILES string of the molecule is N=S(=O)(C=N[C@@H]1CCC[C@H](N2c3ccccc3Oc3ccccc32)[C@H]1O)c1ccc(OC(F)(F)F)cc1. The van der Waals surface area contributed by atoms with Crippen LogP contribution in [0.25, 0.3) is 0 Å². The molecule has 0 bridgehead atoms. The molecule has 2 N–H and O–H groups in total. The zero-order chi connectivity index (χ0) is 26.2. The number of halogens is 3. The van der Waals surface area contributed by atoms with Gasteiger partial charge in [-0.15, -0.1) is 13.2 Å². The van der Waals surface area contributed by atoms with Crippen molar-refractivity contribution in [2.24, 2.45) is 4.99 Å². The average molecular weight is 532 g/mol. The number of ether oxygens (including phenoxy) is 2. The molecule has 1 saturated carbocycles. The van der Waals surface area contributed by atoms with Crippen LogP contribution in [0.3, 0.4) is 0 Å². The molecule has 1 fully saturated rings. The first kappa shape index (κ1) is 25.1. The minimum Gasteiger partial charge on any atom is -0.453 e. The minimum atomic E-state index is -4.85. The van der Waals surface area contributed by atoms with Crippen LogP contribution in [-0.2, 0) is 9.73 Å². The Balaban J connectivity index is 1.38. The summed E-state index contributed by atoms with van der Waals surface area (Å²) in [5.74, 6) is 0.873. The number of anilines is 2. The van der Waals surface area contributed by atoms with E-state index in [2.05, 4.69) is 14.6 Å². The predicted molar refractivity (Wildman–Crippen MR) is 133 cm³/mol. The van der Waals surface area contributed by atoms with E-state index in [-0.39, 0.29) is 10.9 Å². The van der Waals surface area contributed by atoms with Gasteiger partial charge in [0.15, 0.2) is 11.5 Å². The Hall–Kier alpha value is -3.57. The van der Waals surface area contributed by atoms with Gasteiger partial charge in [-0.05, 0) is 67.8 Å². The molecule has 3 aromatic carbocycles. The van der Waals surface area contributed by atoms with Gasteiger partial charge >= 0.3 is 6.36 Å². The largest absolute Gasteiger partial charge is 0.573 e. The maximum Gasteiger partial charge on any atom is 0.573 e. The highest BCUT2D eigenvalue weighted by Gasteiger charge is 2.39. The molecule has 5 rings (SSSR count). The van der Waals surface area contributed by atoms with Gasteiger partial charge in [-0.1, -0.05) is 24.3 Å². The summed E-state index contributed by atoms with van der Waals surface area (Å²) in [6.45, 7) is 0. The second kappa shape index (κ2) is 9.71. The van der Waals surface area contributed by atoms with Crippen LogP contribution >= 0.6 is 0 Å². The number of alkyl halides is 3. The first-order valence-electron chi connectivity index (χ1n) is 11.6. The molecule has 0 amide bonds. The fourth-order valence-corrected chi connectivity index (χ4v) is 5.73. The first-order chi connectivity index (χ1) is 17.6. The van der Waals surface area contributed by atoms with E-state index in [4.69, 9.17) is 9.52 Å². The van der Waals surface area contributed by atoms with Crippen LogP contribution < -0.4 is 14.4 Å². The van der Waals surface area contributed by atoms with E-state index in [1.807, 2.05) is 48.5 Å². The van der Waals surface area contributed by atoms with Crippen LogP contribution in [0.15, 0.2) is 82.7 Å². The van der Waals surface area contributed by atoms with Gasteiger partial charge in [0, 0.05) is 0 Å². The van der Waals surface area contributed by atoms with E-state index in [0.29, 0.717) is 24.3 Å². The molecule has 37 heavy (non-hydrogen) atoms. The van der Waals surface area contributed by atoms with E-state index in [9.17, 15) is 22.5 Å². The number of hydrogen-bond acceptors (Lipinski definition) is 7. The first-order valence-corrected chi connectivity index (χ1v) is 13.3. The number of fused-ring (bicyclic) bond motifs is 2. The number of hydrogen-bond donors (Lipinski definition) is 2. The van der Waals surface area contributed by atoms with Crippen molar-refractivity contribution >= 4 is 26.7 Å². The normalized spacial score (nSPS) is 23.0. The van der Waals surface area contributed by atoms with Crippen LogP contribution in [0, 0.1) is 4.78 Å². The van der Waals surface area contributed by atoms with Crippen molar-refractivity contribution < 1.29 is 32.0 Å². The van der Waals surface area contributed by atoms with Crippen molar-refractivity contribution in [1.29, 1.82) is 4.78 Å². The fraction of sp³-hybridized carbons (Fsp3) is 0.269. The minimum absolute atomic E-state index is 0.0105. The van der Waals surface area contributed by atoms with Gasteiger partial charge in [-0.2, -0.15) is 0 Å². The highest BCUT2D eigenvalue weighted by Crippen LogP contribution is 2.49. The van der Waals surface area contributed by atoms with E-state index in [0.717, 1.165) is 47.6 Å². The molecule has 194 valence electrons. The Morgan fingerprint density at radius 2 is 1.59 bits per heavy atom. The summed E-state index contributed by atoms with van der Waals surface area (Å²) in [5.41, 5.74) is 2.63. The Morgan fingerprint density at radius 1 is 1.00 bits per heavy atom. The third-order valence-corrected chi connectivity index (χ3v) is 7.79. The van der Waals surface area contributed by atoms with Crippen LogP contribution in [0.5, 0.6) is 17.2 Å². The standard InChI is InChI=1S/C26H24F3N3O4S/c27-26(28,29)36-17-12-14-18(15-13-17)37(30,34)16-31-19-6-5-9-22(25(19)33)32-20-7-1-3-10-23(20)35-24-11-4-2-8-21(24)32/h1-4,7-8,10-16,19,22,25,30,33H,5-6,9H2/t19-,22+,25+,37?/m1/s1. The molecule has 1 heterocycles. The monoisotopic (exact) mass is 531 g/mol. The second-order valence-corrected chi connectivity index (χ2v) is 10.7. The van der Waals surface area contributed by atoms with Crippen molar-refractivity contribution in [3.8, 4) is 17.2 Å². The summed E-state index contributed by atoms with van der Waals surface area (Å²) >= 11 is 0. The summed E-state index contributed by atoms with van der Waals surface area (Å²) in [6.07, 6.45) is -3.81. The van der Waals surface area contributed by atoms with E-state index in [1.54, 1.807) is 0 Å². The van der Waals surface area contributed by atoms with Crippen molar-refractivity contribution in [2.45, 2.75) is 48.7 Å². The highest BCUT2D eigenvalue weighted by atomic mass is 32.2. The lowest BCUT2D eigenvalue weighted by molar-refractivity contribution is -0.274. The molecule has 1 aliphatic heterocycles.